The molecule has 4 nitrogen and oxygen atoms in total. The fourth-order valence-corrected chi connectivity index (χ4v) is 3.32. The highest BCUT2D eigenvalue weighted by Crippen LogP contribution is 2.31. The van der Waals surface area contributed by atoms with Gasteiger partial charge < -0.3 is 10.1 Å². The van der Waals surface area contributed by atoms with Gasteiger partial charge >= 0.3 is 0 Å². The lowest BCUT2D eigenvalue weighted by Crippen LogP contribution is -2.20. The molecule has 24 heavy (non-hydrogen) atoms. The Morgan fingerprint density at radius 3 is 2.58 bits per heavy atom. The van der Waals surface area contributed by atoms with Gasteiger partial charge in [-0.1, -0.05) is 26.0 Å². The molecule has 0 saturated carbocycles. The molecule has 2 aromatic rings. The van der Waals surface area contributed by atoms with Crippen molar-refractivity contribution >= 4 is 22.2 Å². The van der Waals surface area contributed by atoms with E-state index in [1.807, 2.05) is 38.1 Å². The van der Waals surface area contributed by atoms with Crippen molar-refractivity contribution in [2.24, 2.45) is 0 Å². The van der Waals surface area contributed by atoms with Crippen LogP contribution in [0.3, 0.4) is 0 Å². The van der Waals surface area contributed by atoms with Crippen LogP contribution in [0.25, 0.3) is 0 Å². The van der Waals surface area contributed by atoms with Crippen LogP contribution in [0.15, 0.2) is 24.3 Å². The van der Waals surface area contributed by atoms with Crippen molar-refractivity contribution in [2.45, 2.75) is 40.0 Å². The number of benzene rings is 1. The van der Waals surface area contributed by atoms with Crippen LogP contribution in [0.4, 0.5) is 5.00 Å². The SMILES string of the molecule is CC[C@@H](C)c1ccc(OCC(=O)Nc2sc(C)c(C)c2C#N)cc1. The molecule has 0 saturated heterocycles. The number of hydrogen-bond donors (Lipinski definition) is 1. The molecular weight excluding hydrogens is 320 g/mol. The van der Waals surface area contributed by atoms with Gasteiger partial charge in [0.1, 0.15) is 16.8 Å². The predicted molar refractivity (Wildman–Crippen MR) is 97.8 cm³/mol. The lowest BCUT2D eigenvalue weighted by molar-refractivity contribution is -0.118. The van der Waals surface area contributed by atoms with Crippen molar-refractivity contribution in [1.82, 2.24) is 0 Å². The van der Waals surface area contributed by atoms with E-state index in [0.717, 1.165) is 16.9 Å². The molecule has 0 unspecified atom stereocenters. The predicted octanol–water partition coefficient (Wildman–Crippen LogP) is 4.77. The summed E-state index contributed by atoms with van der Waals surface area (Å²) in [5.41, 5.74) is 2.71. The van der Waals surface area contributed by atoms with E-state index >= 15 is 0 Å². The number of nitriles is 1. The third-order valence-corrected chi connectivity index (χ3v) is 5.30. The van der Waals surface area contributed by atoms with Crippen molar-refractivity contribution in [1.29, 1.82) is 5.26 Å². The Bertz CT molecular complexity index is 757. The maximum Gasteiger partial charge on any atom is 0.262 e. The van der Waals surface area contributed by atoms with E-state index in [-0.39, 0.29) is 12.5 Å². The highest BCUT2D eigenvalue weighted by Gasteiger charge is 2.14. The summed E-state index contributed by atoms with van der Waals surface area (Å²) >= 11 is 1.41. The maximum atomic E-state index is 12.1. The van der Waals surface area contributed by atoms with E-state index in [1.54, 1.807) is 0 Å². The summed E-state index contributed by atoms with van der Waals surface area (Å²) in [7, 11) is 0. The van der Waals surface area contributed by atoms with Crippen molar-refractivity contribution in [3.63, 3.8) is 0 Å². The molecule has 0 aliphatic carbocycles. The Kier molecular flexibility index (Phi) is 5.99. The van der Waals surface area contributed by atoms with Crippen molar-refractivity contribution in [3.05, 3.63) is 45.8 Å². The van der Waals surface area contributed by atoms with Crippen LogP contribution in [0.1, 0.15) is 47.8 Å². The minimum atomic E-state index is -0.265. The van der Waals surface area contributed by atoms with Crippen LogP contribution >= 0.6 is 11.3 Å². The summed E-state index contributed by atoms with van der Waals surface area (Å²) in [5, 5.41) is 12.6. The molecule has 0 bridgehead atoms. The summed E-state index contributed by atoms with van der Waals surface area (Å²) < 4.78 is 5.53. The first kappa shape index (κ1) is 18.0. The van der Waals surface area contributed by atoms with Crippen LogP contribution < -0.4 is 10.1 Å². The zero-order valence-electron chi connectivity index (χ0n) is 14.5. The Morgan fingerprint density at radius 1 is 1.33 bits per heavy atom. The first-order valence-corrected chi connectivity index (χ1v) is 8.80. The fourth-order valence-electron chi connectivity index (χ4n) is 2.29. The molecule has 0 spiro atoms. The summed E-state index contributed by atoms with van der Waals surface area (Å²) in [6, 6.07) is 9.97. The van der Waals surface area contributed by atoms with Crippen LogP contribution in [0.2, 0.25) is 0 Å². The molecule has 1 heterocycles. The third kappa shape index (κ3) is 4.15. The van der Waals surface area contributed by atoms with Gasteiger partial charge in [0.15, 0.2) is 6.61 Å². The van der Waals surface area contributed by atoms with E-state index in [4.69, 9.17) is 4.74 Å². The van der Waals surface area contributed by atoms with E-state index in [1.165, 1.54) is 16.9 Å². The van der Waals surface area contributed by atoms with E-state index in [2.05, 4.69) is 25.2 Å². The summed E-state index contributed by atoms with van der Waals surface area (Å²) in [6.07, 6.45) is 1.09. The number of ether oxygens (including phenoxy) is 1. The number of nitrogens with zero attached hydrogens (tertiary/aromatic N) is 1. The van der Waals surface area contributed by atoms with Crippen molar-refractivity contribution in [3.8, 4) is 11.8 Å². The van der Waals surface area contributed by atoms with Crippen LogP contribution in [0, 0.1) is 25.2 Å². The smallest absolute Gasteiger partial charge is 0.262 e. The van der Waals surface area contributed by atoms with Crippen LogP contribution in [0.5, 0.6) is 5.75 Å². The van der Waals surface area contributed by atoms with Gasteiger partial charge in [-0.2, -0.15) is 5.26 Å². The average molecular weight is 342 g/mol. The highest BCUT2D eigenvalue weighted by molar-refractivity contribution is 7.16. The largest absolute Gasteiger partial charge is 0.484 e. The normalized spacial score (nSPS) is 11.6. The fraction of sp³-hybridized carbons (Fsp3) is 0.368. The number of nitrogens with one attached hydrogen (secondary N) is 1. The standard InChI is InChI=1S/C19H22N2O2S/c1-5-12(2)15-6-8-16(9-7-15)23-11-18(22)21-19-17(10-20)13(3)14(4)24-19/h6-9,12H,5,11H2,1-4H3,(H,21,22)/t12-/m1/s1. The molecule has 1 N–H and O–H groups in total. The maximum absolute atomic E-state index is 12.1. The zero-order chi connectivity index (χ0) is 17.7. The van der Waals surface area contributed by atoms with E-state index in [9.17, 15) is 10.1 Å². The van der Waals surface area contributed by atoms with Gasteiger partial charge in [0.2, 0.25) is 0 Å². The summed E-state index contributed by atoms with van der Waals surface area (Å²) in [4.78, 5) is 13.1. The van der Waals surface area contributed by atoms with Crippen LogP contribution in [-0.2, 0) is 4.79 Å². The van der Waals surface area contributed by atoms with Gasteiger partial charge in [-0.15, -0.1) is 11.3 Å². The van der Waals surface area contributed by atoms with Gasteiger partial charge in [0.25, 0.3) is 5.91 Å². The molecule has 1 aromatic carbocycles. The number of hydrogen-bond acceptors (Lipinski definition) is 4. The topological polar surface area (TPSA) is 62.1 Å². The molecule has 0 aliphatic heterocycles. The zero-order valence-corrected chi connectivity index (χ0v) is 15.3. The minimum Gasteiger partial charge on any atom is -0.484 e. The molecule has 5 heteroatoms. The lowest BCUT2D eigenvalue weighted by Gasteiger charge is -2.10. The van der Waals surface area contributed by atoms with Gasteiger partial charge in [0, 0.05) is 4.88 Å². The second kappa shape index (κ2) is 7.98. The monoisotopic (exact) mass is 342 g/mol. The first-order chi connectivity index (χ1) is 11.5. The summed E-state index contributed by atoms with van der Waals surface area (Å²) in [6.45, 7) is 8.08. The number of aryl methyl sites for hydroxylation is 1. The number of rotatable bonds is 6. The second-order valence-electron chi connectivity index (χ2n) is 5.81. The highest BCUT2D eigenvalue weighted by atomic mass is 32.1. The van der Waals surface area contributed by atoms with Gasteiger partial charge in [0.05, 0.1) is 5.56 Å². The minimum absolute atomic E-state index is 0.0798. The average Bonchev–Trinajstić information content (AvgIpc) is 2.86. The first-order valence-electron chi connectivity index (χ1n) is 7.99. The molecule has 1 amide bonds. The molecule has 0 radical (unpaired) electrons. The quantitative estimate of drug-likeness (QED) is 0.822. The van der Waals surface area contributed by atoms with Gasteiger partial charge in [-0.3, -0.25) is 4.79 Å². The Morgan fingerprint density at radius 2 is 2.00 bits per heavy atom. The number of thiophene rings is 1. The number of anilines is 1. The molecule has 2 rings (SSSR count). The van der Waals surface area contributed by atoms with Crippen molar-refractivity contribution in [2.75, 3.05) is 11.9 Å². The summed E-state index contributed by atoms with van der Waals surface area (Å²) in [5.74, 6) is 0.909. The molecule has 0 aliphatic rings. The Hall–Kier alpha value is -2.32. The van der Waals surface area contributed by atoms with E-state index < -0.39 is 0 Å². The number of amides is 1. The number of carbonyl (C=O) groups excluding carboxylic acids is 1. The molecule has 126 valence electrons. The third-order valence-electron chi connectivity index (χ3n) is 4.18. The molecular formula is C19H22N2O2S. The lowest BCUT2D eigenvalue weighted by atomic mass is 9.99. The van der Waals surface area contributed by atoms with Gasteiger partial charge in [-0.05, 0) is 49.4 Å². The van der Waals surface area contributed by atoms with Gasteiger partial charge in [-0.25, -0.2) is 0 Å². The van der Waals surface area contributed by atoms with Crippen molar-refractivity contribution < 1.29 is 9.53 Å². The molecule has 1 aromatic heterocycles. The van der Waals surface area contributed by atoms with Crippen LogP contribution in [-0.4, -0.2) is 12.5 Å². The Balaban J connectivity index is 1.94. The number of carbonyl (C=O) groups is 1. The second-order valence-corrected chi connectivity index (χ2v) is 7.04. The van der Waals surface area contributed by atoms with E-state index in [0.29, 0.717) is 22.2 Å². The molecule has 1 atom stereocenters. The Labute approximate surface area is 147 Å². The molecule has 0 fully saturated rings.